The van der Waals surface area contributed by atoms with Gasteiger partial charge in [0.15, 0.2) is 0 Å². The van der Waals surface area contributed by atoms with Crippen molar-refractivity contribution in [3.8, 4) is 0 Å². The summed E-state index contributed by atoms with van der Waals surface area (Å²) in [5.74, 6) is 0.889. The molecule has 2 heterocycles. The van der Waals surface area contributed by atoms with Crippen LogP contribution in [0.1, 0.15) is 17.4 Å². The van der Waals surface area contributed by atoms with E-state index < -0.39 is 0 Å². The van der Waals surface area contributed by atoms with E-state index in [1.54, 1.807) is 29.4 Å². The maximum absolute atomic E-state index is 5.90. The van der Waals surface area contributed by atoms with Crippen LogP contribution in [0.2, 0.25) is 5.02 Å². The summed E-state index contributed by atoms with van der Waals surface area (Å²) in [5.41, 5.74) is 1.25. The first-order chi connectivity index (χ1) is 9.76. The molecule has 3 rings (SSSR count). The summed E-state index contributed by atoms with van der Waals surface area (Å²) in [6.07, 6.45) is 2.70. The SMILES string of the molecule is CCc1cc2c(SCc3ccc(Cl)cc3)ncnc2s1. The second-order valence-corrected chi connectivity index (χ2v) is 6.89. The number of rotatable bonds is 4. The molecule has 0 amide bonds. The lowest BCUT2D eigenvalue weighted by atomic mass is 10.2. The summed E-state index contributed by atoms with van der Waals surface area (Å²) < 4.78 is 0. The standard InChI is InChI=1S/C15H13ClN2S2/c1-2-12-7-13-14(17-9-18-15(13)20-12)19-8-10-3-5-11(16)6-4-10/h3-7,9H,2,8H2,1H3. The molecule has 0 aliphatic carbocycles. The summed E-state index contributed by atoms with van der Waals surface area (Å²) >= 11 is 9.40. The van der Waals surface area contributed by atoms with Crippen LogP contribution in [0.4, 0.5) is 0 Å². The van der Waals surface area contributed by atoms with Gasteiger partial charge in [-0.3, -0.25) is 0 Å². The molecular formula is C15H13ClN2S2. The molecule has 0 saturated carbocycles. The topological polar surface area (TPSA) is 25.8 Å². The summed E-state index contributed by atoms with van der Waals surface area (Å²) in [7, 11) is 0. The van der Waals surface area contributed by atoms with Gasteiger partial charge >= 0.3 is 0 Å². The van der Waals surface area contributed by atoms with Crippen molar-refractivity contribution >= 4 is 44.9 Å². The highest BCUT2D eigenvalue weighted by Crippen LogP contribution is 2.32. The third kappa shape index (κ3) is 2.97. The van der Waals surface area contributed by atoms with Crippen molar-refractivity contribution in [1.29, 1.82) is 0 Å². The van der Waals surface area contributed by atoms with Crippen molar-refractivity contribution in [2.75, 3.05) is 0 Å². The second-order valence-electron chi connectivity index (χ2n) is 4.38. The summed E-state index contributed by atoms with van der Waals surface area (Å²) in [4.78, 5) is 11.2. The van der Waals surface area contributed by atoms with Gasteiger partial charge in [-0.25, -0.2) is 9.97 Å². The van der Waals surface area contributed by atoms with Crippen LogP contribution in [0.25, 0.3) is 10.2 Å². The molecule has 20 heavy (non-hydrogen) atoms. The molecule has 0 fully saturated rings. The van der Waals surface area contributed by atoms with E-state index in [9.17, 15) is 0 Å². The molecule has 0 aliphatic heterocycles. The molecule has 0 spiro atoms. The van der Waals surface area contributed by atoms with Crippen LogP contribution in [0.15, 0.2) is 41.7 Å². The van der Waals surface area contributed by atoms with E-state index in [1.165, 1.54) is 15.8 Å². The Morgan fingerprint density at radius 3 is 2.75 bits per heavy atom. The van der Waals surface area contributed by atoms with Gasteiger partial charge in [-0.2, -0.15) is 0 Å². The van der Waals surface area contributed by atoms with Crippen LogP contribution in [0.3, 0.4) is 0 Å². The number of aromatic nitrogens is 2. The van der Waals surface area contributed by atoms with Gasteiger partial charge < -0.3 is 0 Å². The van der Waals surface area contributed by atoms with Gasteiger partial charge in [0, 0.05) is 21.0 Å². The minimum Gasteiger partial charge on any atom is -0.229 e. The number of fused-ring (bicyclic) bond motifs is 1. The van der Waals surface area contributed by atoms with E-state index >= 15 is 0 Å². The molecule has 102 valence electrons. The summed E-state index contributed by atoms with van der Waals surface area (Å²) in [6, 6.07) is 10.2. The number of halogens is 1. The lowest BCUT2D eigenvalue weighted by Gasteiger charge is -2.02. The van der Waals surface area contributed by atoms with E-state index in [-0.39, 0.29) is 0 Å². The summed E-state index contributed by atoms with van der Waals surface area (Å²) in [6.45, 7) is 2.17. The average Bonchev–Trinajstić information content (AvgIpc) is 2.90. The second kappa shape index (κ2) is 6.12. The molecule has 0 bridgehead atoms. The highest BCUT2D eigenvalue weighted by Gasteiger charge is 2.08. The van der Waals surface area contributed by atoms with Crippen molar-refractivity contribution in [3.63, 3.8) is 0 Å². The average molecular weight is 321 g/mol. The third-order valence-electron chi connectivity index (χ3n) is 2.98. The number of benzene rings is 1. The molecular weight excluding hydrogens is 308 g/mol. The Morgan fingerprint density at radius 2 is 2.00 bits per heavy atom. The molecule has 0 radical (unpaired) electrons. The predicted octanol–water partition coefficient (Wildman–Crippen LogP) is 5.20. The molecule has 0 unspecified atom stereocenters. The van der Waals surface area contributed by atoms with Crippen LogP contribution >= 0.6 is 34.7 Å². The fourth-order valence-electron chi connectivity index (χ4n) is 1.91. The predicted molar refractivity (Wildman–Crippen MR) is 87.8 cm³/mol. The Morgan fingerprint density at radius 1 is 1.20 bits per heavy atom. The Balaban J connectivity index is 1.83. The summed E-state index contributed by atoms with van der Waals surface area (Å²) in [5, 5.41) is 3.00. The van der Waals surface area contributed by atoms with E-state index in [2.05, 4.69) is 35.1 Å². The first-order valence-electron chi connectivity index (χ1n) is 6.37. The van der Waals surface area contributed by atoms with Crippen LogP contribution in [0.5, 0.6) is 0 Å². The maximum Gasteiger partial charge on any atom is 0.128 e. The Hall–Kier alpha value is -1.10. The molecule has 0 saturated heterocycles. The minimum atomic E-state index is 0.772. The lowest BCUT2D eigenvalue weighted by molar-refractivity contribution is 1.10. The molecule has 0 aliphatic rings. The van der Waals surface area contributed by atoms with Crippen molar-refractivity contribution in [2.24, 2.45) is 0 Å². The highest BCUT2D eigenvalue weighted by molar-refractivity contribution is 7.98. The van der Waals surface area contributed by atoms with Crippen molar-refractivity contribution in [2.45, 2.75) is 24.1 Å². The molecule has 0 atom stereocenters. The normalized spacial score (nSPS) is 11.1. The first-order valence-corrected chi connectivity index (χ1v) is 8.55. The number of hydrogen-bond acceptors (Lipinski definition) is 4. The molecule has 5 heteroatoms. The number of hydrogen-bond donors (Lipinski definition) is 0. The zero-order valence-corrected chi connectivity index (χ0v) is 13.4. The largest absolute Gasteiger partial charge is 0.229 e. The lowest BCUT2D eigenvalue weighted by Crippen LogP contribution is -1.85. The zero-order chi connectivity index (χ0) is 13.9. The fourth-order valence-corrected chi connectivity index (χ4v) is 3.96. The van der Waals surface area contributed by atoms with Crippen molar-refractivity contribution in [1.82, 2.24) is 9.97 Å². The quantitative estimate of drug-likeness (QED) is 0.488. The van der Waals surface area contributed by atoms with Gasteiger partial charge in [-0.15, -0.1) is 23.1 Å². The Bertz CT molecular complexity index is 722. The smallest absolute Gasteiger partial charge is 0.128 e. The van der Waals surface area contributed by atoms with Gasteiger partial charge in [-0.1, -0.05) is 30.7 Å². The number of nitrogens with zero attached hydrogens (tertiary/aromatic N) is 2. The van der Waals surface area contributed by atoms with Gasteiger partial charge in [0.2, 0.25) is 0 Å². The molecule has 2 nitrogen and oxygen atoms in total. The van der Waals surface area contributed by atoms with Crippen LogP contribution < -0.4 is 0 Å². The van der Waals surface area contributed by atoms with Gasteiger partial charge in [0.1, 0.15) is 16.2 Å². The minimum absolute atomic E-state index is 0.772. The van der Waals surface area contributed by atoms with E-state index in [4.69, 9.17) is 11.6 Å². The van der Waals surface area contributed by atoms with Crippen molar-refractivity contribution in [3.05, 3.63) is 52.1 Å². The Kier molecular flexibility index (Phi) is 4.24. The first kappa shape index (κ1) is 13.9. The number of thioether (sulfide) groups is 1. The van der Waals surface area contributed by atoms with Gasteiger partial charge in [0.05, 0.1) is 0 Å². The zero-order valence-electron chi connectivity index (χ0n) is 11.0. The van der Waals surface area contributed by atoms with E-state index in [1.807, 2.05) is 12.1 Å². The number of aryl methyl sites for hydroxylation is 1. The number of thiophene rings is 1. The van der Waals surface area contributed by atoms with Crippen LogP contribution in [-0.2, 0) is 12.2 Å². The molecule has 2 aromatic heterocycles. The van der Waals surface area contributed by atoms with E-state index in [0.717, 1.165) is 27.1 Å². The maximum atomic E-state index is 5.90. The monoisotopic (exact) mass is 320 g/mol. The Labute approximate surface area is 131 Å². The van der Waals surface area contributed by atoms with Gasteiger partial charge in [-0.05, 0) is 30.2 Å². The van der Waals surface area contributed by atoms with Gasteiger partial charge in [0.25, 0.3) is 0 Å². The van der Waals surface area contributed by atoms with Crippen molar-refractivity contribution < 1.29 is 0 Å². The molecule has 0 N–H and O–H groups in total. The molecule has 1 aromatic carbocycles. The molecule has 3 aromatic rings. The highest BCUT2D eigenvalue weighted by atomic mass is 35.5. The van der Waals surface area contributed by atoms with Crippen LogP contribution in [-0.4, -0.2) is 9.97 Å². The van der Waals surface area contributed by atoms with Crippen LogP contribution in [0, 0.1) is 0 Å². The fraction of sp³-hybridized carbons (Fsp3) is 0.200. The van der Waals surface area contributed by atoms with E-state index in [0.29, 0.717) is 0 Å². The third-order valence-corrected chi connectivity index (χ3v) is 5.50.